The highest BCUT2D eigenvalue weighted by Crippen LogP contribution is 2.14. The van der Waals surface area contributed by atoms with Crippen LogP contribution in [0.5, 0.6) is 5.75 Å². The normalized spacial score (nSPS) is 11.4. The molecule has 7 nitrogen and oxygen atoms in total. The molecule has 0 aliphatic heterocycles. The van der Waals surface area contributed by atoms with Gasteiger partial charge in [0.05, 0.1) is 6.42 Å². The number of nitrogens with one attached hydrogen (secondary N) is 2. The fourth-order valence-corrected chi connectivity index (χ4v) is 1.94. The lowest BCUT2D eigenvalue weighted by Crippen LogP contribution is -2.41. The first-order valence-electron chi connectivity index (χ1n) is 7.40. The van der Waals surface area contributed by atoms with E-state index in [0.717, 1.165) is 0 Å². The number of carbonyl (C=O) groups excluding carboxylic acids is 2. The van der Waals surface area contributed by atoms with E-state index < -0.39 is 12.0 Å². The van der Waals surface area contributed by atoms with Gasteiger partial charge in [-0.1, -0.05) is 25.5 Å². The maximum Gasteiger partial charge on any atom is 0.326 e. The molecule has 0 spiro atoms. The van der Waals surface area contributed by atoms with Gasteiger partial charge < -0.3 is 20.5 Å². The fourth-order valence-electron chi connectivity index (χ4n) is 1.94. The van der Waals surface area contributed by atoms with E-state index in [9.17, 15) is 14.4 Å². The van der Waals surface area contributed by atoms with Crippen molar-refractivity contribution in [3.8, 4) is 5.75 Å². The third-order valence-electron chi connectivity index (χ3n) is 3.12. The van der Waals surface area contributed by atoms with E-state index in [1.165, 1.54) is 7.05 Å². The molecular weight excluding hydrogens is 300 g/mol. The molecule has 7 heteroatoms. The number of ether oxygens (including phenoxy) is 1. The van der Waals surface area contributed by atoms with Crippen LogP contribution in [-0.4, -0.2) is 42.6 Å². The zero-order valence-electron chi connectivity index (χ0n) is 13.3. The van der Waals surface area contributed by atoms with Crippen molar-refractivity contribution in [1.82, 2.24) is 10.6 Å². The van der Waals surface area contributed by atoms with Gasteiger partial charge in [-0.15, -0.1) is 0 Å². The van der Waals surface area contributed by atoms with Crippen molar-refractivity contribution >= 4 is 17.8 Å². The van der Waals surface area contributed by atoms with Gasteiger partial charge in [-0.25, -0.2) is 4.79 Å². The molecule has 23 heavy (non-hydrogen) atoms. The van der Waals surface area contributed by atoms with Crippen LogP contribution in [0.3, 0.4) is 0 Å². The minimum absolute atomic E-state index is 0.0463. The summed E-state index contributed by atoms with van der Waals surface area (Å²) in [6.07, 6.45) is 1.10. The SMILES string of the molecule is CCCC(NC(=O)Cc1cccc(OCC(=O)NC)c1)C(=O)O. The van der Waals surface area contributed by atoms with E-state index in [4.69, 9.17) is 9.84 Å². The average Bonchev–Trinajstić information content (AvgIpc) is 2.52. The molecule has 1 atom stereocenters. The van der Waals surface area contributed by atoms with Crippen LogP contribution >= 0.6 is 0 Å². The van der Waals surface area contributed by atoms with Crippen LogP contribution in [0.2, 0.25) is 0 Å². The lowest BCUT2D eigenvalue weighted by Gasteiger charge is -2.13. The Morgan fingerprint density at radius 3 is 2.61 bits per heavy atom. The Balaban J connectivity index is 2.60. The summed E-state index contributed by atoms with van der Waals surface area (Å²) in [6, 6.07) is 5.91. The lowest BCUT2D eigenvalue weighted by atomic mass is 10.1. The number of benzene rings is 1. The fraction of sp³-hybridized carbons (Fsp3) is 0.438. The van der Waals surface area contributed by atoms with Crippen LogP contribution in [0.1, 0.15) is 25.3 Å². The summed E-state index contributed by atoms with van der Waals surface area (Å²) < 4.78 is 5.30. The molecule has 3 N–H and O–H groups in total. The number of carboxylic acid groups (broad SMARTS) is 1. The summed E-state index contributed by atoms with van der Waals surface area (Å²) in [6.45, 7) is 1.75. The topological polar surface area (TPSA) is 105 Å². The van der Waals surface area contributed by atoms with Gasteiger partial charge in [-0.05, 0) is 24.1 Å². The van der Waals surface area contributed by atoms with E-state index in [1.807, 2.05) is 6.92 Å². The molecule has 1 aromatic carbocycles. The Morgan fingerprint density at radius 2 is 2.00 bits per heavy atom. The van der Waals surface area contributed by atoms with Crippen LogP contribution in [0.4, 0.5) is 0 Å². The quantitative estimate of drug-likeness (QED) is 0.621. The van der Waals surface area contributed by atoms with Crippen LogP contribution in [0.15, 0.2) is 24.3 Å². The Bertz CT molecular complexity index is 559. The van der Waals surface area contributed by atoms with Crippen molar-refractivity contribution in [2.24, 2.45) is 0 Å². The number of aliphatic carboxylic acids is 1. The summed E-state index contributed by atoms with van der Waals surface area (Å²) in [5.74, 6) is -1.18. The molecule has 126 valence electrons. The van der Waals surface area contributed by atoms with Gasteiger partial charge in [0.15, 0.2) is 6.61 Å². The molecular formula is C16H22N2O5. The Hall–Kier alpha value is -2.57. The molecule has 0 aromatic heterocycles. The Morgan fingerprint density at radius 1 is 1.26 bits per heavy atom. The maximum absolute atomic E-state index is 11.9. The molecule has 0 bridgehead atoms. The van der Waals surface area contributed by atoms with Crippen LogP contribution in [0.25, 0.3) is 0 Å². The van der Waals surface area contributed by atoms with Gasteiger partial charge in [0.2, 0.25) is 5.91 Å². The smallest absolute Gasteiger partial charge is 0.326 e. The molecule has 0 saturated heterocycles. The number of hydrogen-bond donors (Lipinski definition) is 3. The highest BCUT2D eigenvalue weighted by atomic mass is 16.5. The van der Waals surface area contributed by atoms with E-state index >= 15 is 0 Å². The number of rotatable bonds is 9. The summed E-state index contributed by atoms with van der Waals surface area (Å²) in [7, 11) is 1.52. The summed E-state index contributed by atoms with van der Waals surface area (Å²) in [4.78, 5) is 34.1. The van der Waals surface area contributed by atoms with Crippen LogP contribution < -0.4 is 15.4 Å². The Kier molecular flexibility index (Phi) is 7.59. The molecule has 1 unspecified atom stereocenters. The Labute approximate surface area is 135 Å². The molecule has 1 aromatic rings. The highest BCUT2D eigenvalue weighted by molar-refractivity contribution is 5.84. The molecule has 0 heterocycles. The number of carbonyl (C=O) groups is 3. The largest absolute Gasteiger partial charge is 0.484 e. The zero-order valence-corrected chi connectivity index (χ0v) is 13.3. The predicted octanol–water partition coefficient (Wildman–Crippen LogP) is 0.723. The summed E-state index contributed by atoms with van der Waals surface area (Å²) in [5, 5.41) is 14.0. The second kappa shape index (κ2) is 9.45. The first-order valence-corrected chi connectivity index (χ1v) is 7.40. The number of hydrogen-bond acceptors (Lipinski definition) is 4. The second-order valence-corrected chi connectivity index (χ2v) is 5.03. The number of carboxylic acids is 1. The van der Waals surface area contributed by atoms with Crippen LogP contribution in [0, 0.1) is 0 Å². The number of amides is 2. The summed E-state index contributed by atoms with van der Waals surface area (Å²) >= 11 is 0. The van der Waals surface area contributed by atoms with Gasteiger partial charge in [0, 0.05) is 7.05 Å². The third kappa shape index (κ3) is 6.82. The zero-order chi connectivity index (χ0) is 17.2. The van der Waals surface area contributed by atoms with Crippen molar-refractivity contribution in [2.75, 3.05) is 13.7 Å². The van der Waals surface area contributed by atoms with Crippen LogP contribution in [-0.2, 0) is 20.8 Å². The van der Waals surface area contributed by atoms with E-state index in [2.05, 4.69) is 10.6 Å². The van der Waals surface area contributed by atoms with Crippen molar-refractivity contribution < 1.29 is 24.2 Å². The van der Waals surface area contributed by atoms with Gasteiger partial charge >= 0.3 is 5.97 Å². The molecule has 1 rings (SSSR count). The third-order valence-corrected chi connectivity index (χ3v) is 3.12. The minimum Gasteiger partial charge on any atom is -0.484 e. The second-order valence-electron chi connectivity index (χ2n) is 5.03. The standard InChI is InChI=1S/C16H22N2O5/c1-3-5-13(16(21)22)18-14(19)9-11-6-4-7-12(8-11)23-10-15(20)17-2/h4,6-8,13H,3,5,9-10H2,1-2H3,(H,17,20)(H,18,19)(H,21,22). The maximum atomic E-state index is 11.9. The van der Waals surface area contributed by atoms with E-state index in [0.29, 0.717) is 24.2 Å². The molecule has 2 amide bonds. The molecule has 0 radical (unpaired) electrons. The van der Waals surface area contributed by atoms with Gasteiger partial charge in [0.25, 0.3) is 5.91 Å². The molecule has 0 saturated carbocycles. The summed E-state index contributed by atoms with van der Waals surface area (Å²) in [5.41, 5.74) is 0.678. The van der Waals surface area contributed by atoms with Gasteiger partial charge in [0.1, 0.15) is 11.8 Å². The van der Waals surface area contributed by atoms with Crippen molar-refractivity contribution in [2.45, 2.75) is 32.2 Å². The highest BCUT2D eigenvalue weighted by Gasteiger charge is 2.18. The average molecular weight is 322 g/mol. The molecule has 0 aliphatic rings. The van der Waals surface area contributed by atoms with Crippen molar-refractivity contribution in [3.63, 3.8) is 0 Å². The monoisotopic (exact) mass is 322 g/mol. The predicted molar refractivity (Wildman–Crippen MR) is 84.2 cm³/mol. The van der Waals surface area contributed by atoms with Crippen molar-refractivity contribution in [3.05, 3.63) is 29.8 Å². The van der Waals surface area contributed by atoms with Crippen molar-refractivity contribution in [1.29, 1.82) is 0 Å². The minimum atomic E-state index is -1.04. The van der Waals surface area contributed by atoms with Gasteiger partial charge in [-0.3, -0.25) is 9.59 Å². The van der Waals surface area contributed by atoms with E-state index in [1.54, 1.807) is 24.3 Å². The first-order chi connectivity index (χ1) is 11.0. The molecule has 0 aliphatic carbocycles. The first kappa shape index (κ1) is 18.5. The lowest BCUT2D eigenvalue weighted by molar-refractivity contribution is -0.141. The number of likely N-dealkylation sites (N-methyl/N-ethyl adjacent to an activating group) is 1. The molecule has 0 fully saturated rings. The van der Waals surface area contributed by atoms with Gasteiger partial charge in [-0.2, -0.15) is 0 Å². The van der Waals surface area contributed by atoms with E-state index in [-0.39, 0.29) is 24.8 Å².